The predicted octanol–water partition coefficient (Wildman–Crippen LogP) is 19.3. The molecule has 12 rings (SSSR count). The van der Waals surface area contributed by atoms with Gasteiger partial charge in [-0.25, -0.2) is 0 Å². The van der Waals surface area contributed by atoms with Crippen LogP contribution in [0.25, 0.3) is 33.1 Å². The Kier molecular flexibility index (Phi) is 12.1. The zero-order valence-corrected chi connectivity index (χ0v) is 49.2. The Labute approximate surface area is 470 Å². The summed E-state index contributed by atoms with van der Waals surface area (Å²) >= 11 is 0. The highest BCUT2D eigenvalue weighted by Crippen LogP contribution is 2.52. The molecule has 0 unspecified atom stereocenters. The number of hydrogen-bond donors (Lipinski definition) is 0. The second-order valence-corrected chi connectivity index (χ2v) is 27.6. The standard InChI is InChI=1S/C74H76BN3O/c1-70(2,3)48-30-28-47(29-31-48)58-42-50(72(7,8)9)34-39-61(58)78-63-41-36-52(74(13,14)15)44-60(63)75-59-43-51(73(10,11)12)35-40-62(59)77(54-37-32-49(33-38-54)71(4,5)6)65-45-55(46-66(78)68(65)75)76(53-22-17-16-18-23-53)64-26-21-25-57-56-24-19-20-27-67(56)79-69(57)64/h16-46H,1-15H3. The van der Waals surface area contributed by atoms with Crippen LogP contribution in [0.5, 0.6) is 0 Å². The third-order valence-corrected chi connectivity index (χ3v) is 16.8. The first kappa shape index (κ1) is 52.0. The average molecular weight is 1030 g/mol. The fourth-order valence-electron chi connectivity index (χ4n) is 12.2. The van der Waals surface area contributed by atoms with Crippen LogP contribution in [0.1, 0.15) is 132 Å². The summed E-state index contributed by atoms with van der Waals surface area (Å²) in [7, 11) is 0. The van der Waals surface area contributed by atoms with E-state index in [0.29, 0.717) is 0 Å². The highest BCUT2D eigenvalue weighted by molar-refractivity contribution is 7.00. The topological polar surface area (TPSA) is 22.9 Å². The largest absolute Gasteiger partial charge is 0.454 e. The number of anilines is 9. The number of fused-ring (bicyclic) bond motifs is 7. The monoisotopic (exact) mass is 1030 g/mol. The number of benzene rings is 9. The zero-order valence-electron chi connectivity index (χ0n) is 49.2. The van der Waals surface area contributed by atoms with Crippen LogP contribution in [-0.2, 0) is 27.1 Å². The van der Waals surface area contributed by atoms with E-state index >= 15 is 0 Å². The van der Waals surface area contributed by atoms with E-state index in [2.05, 4.69) is 307 Å². The number of para-hydroxylation sites is 3. The molecule has 79 heavy (non-hydrogen) atoms. The molecule has 0 saturated carbocycles. The number of rotatable bonds is 6. The van der Waals surface area contributed by atoms with E-state index in [9.17, 15) is 0 Å². The molecule has 5 heteroatoms. The van der Waals surface area contributed by atoms with E-state index in [1.165, 1.54) is 66.7 Å². The smallest absolute Gasteiger partial charge is 0.252 e. The van der Waals surface area contributed by atoms with Crippen molar-refractivity contribution < 1.29 is 4.42 Å². The van der Waals surface area contributed by atoms with Gasteiger partial charge in [0.15, 0.2) is 5.58 Å². The van der Waals surface area contributed by atoms with Crippen LogP contribution >= 0.6 is 0 Å². The molecule has 0 radical (unpaired) electrons. The second-order valence-electron chi connectivity index (χ2n) is 27.6. The van der Waals surface area contributed by atoms with E-state index in [-0.39, 0.29) is 33.8 Å². The van der Waals surface area contributed by atoms with Gasteiger partial charge in [0, 0.05) is 50.5 Å². The summed E-state index contributed by atoms with van der Waals surface area (Å²) in [4.78, 5) is 7.63. The summed E-state index contributed by atoms with van der Waals surface area (Å²) in [5.74, 6) is 0. The van der Waals surface area contributed by atoms with Gasteiger partial charge in [-0.1, -0.05) is 219 Å². The minimum absolute atomic E-state index is 0.0130. The van der Waals surface area contributed by atoms with E-state index in [1.807, 2.05) is 0 Å². The van der Waals surface area contributed by atoms with Gasteiger partial charge in [0.1, 0.15) is 5.58 Å². The SMILES string of the molecule is CC(C)(C)c1ccc(-c2cc(C(C)(C)C)ccc2N2c3ccc(C(C)(C)C)cc3B3c4cc(C(C)(C)C)ccc4N(c4ccc(C(C)(C)C)cc4)c4cc(N(c5ccccc5)c5cccc6c5oc5ccccc56)cc2c43)cc1. The molecule has 0 atom stereocenters. The molecule has 0 saturated heterocycles. The summed E-state index contributed by atoms with van der Waals surface area (Å²) in [6.45, 7) is 34.8. The predicted molar refractivity (Wildman–Crippen MR) is 341 cm³/mol. The van der Waals surface area contributed by atoms with Gasteiger partial charge in [-0.05, 0) is 150 Å². The minimum Gasteiger partial charge on any atom is -0.454 e. The maximum Gasteiger partial charge on any atom is 0.252 e. The molecule has 2 aliphatic rings. The number of nitrogens with zero attached hydrogens (tertiary/aromatic N) is 3. The Hall–Kier alpha value is -7.76. The second kappa shape index (κ2) is 18.4. The molecule has 4 nitrogen and oxygen atoms in total. The van der Waals surface area contributed by atoms with Crippen molar-refractivity contribution in [3.63, 3.8) is 0 Å². The van der Waals surface area contributed by atoms with Crippen LogP contribution < -0.4 is 31.1 Å². The Balaban J connectivity index is 1.24. The van der Waals surface area contributed by atoms with Crippen molar-refractivity contribution >= 4 is 96.2 Å². The molecule has 0 fully saturated rings. The Bertz CT molecular complexity index is 3980. The van der Waals surface area contributed by atoms with Gasteiger partial charge in [-0.2, -0.15) is 0 Å². The highest BCUT2D eigenvalue weighted by atomic mass is 16.3. The lowest BCUT2D eigenvalue weighted by Crippen LogP contribution is -2.61. The summed E-state index contributed by atoms with van der Waals surface area (Å²) in [5.41, 5.74) is 24.3. The molecule has 10 aromatic rings. The summed E-state index contributed by atoms with van der Waals surface area (Å²) in [6, 6.07) is 71.6. The lowest BCUT2D eigenvalue weighted by molar-refractivity contribution is 0.590. The molecule has 0 spiro atoms. The fraction of sp³-hybridized carbons (Fsp3) is 0.270. The molecule has 1 aromatic heterocycles. The lowest BCUT2D eigenvalue weighted by Gasteiger charge is -2.46. The molecule has 9 aromatic carbocycles. The third kappa shape index (κ3) is 9.04. The van der Waals surface area contributed by atoms with Crippen molar-refractivity contribution in [3.05, 3.63) is 216 Å². The molecule has 3 heterocycles. The first-order valence-corrected chi connectivity index (χ1v) is 28.5. The number of furan rings is 1. The summed E-state index contributed by atoms with van der Waals surface area (Å²) < 4.78 is 6.96. The normalized spacial score (nSPS) is 13.7. The van der Waals surface area contributed by atoms with Crippen molar-refractivity contribution in [1.82, 2.24) is 0 Å². The Morgan fingerprint density at radius 1 is 0.367 bits per heavy atom. The van der Waals surface area contributed by atoms with Crippen LogP contribution in [0, 0.1) is 0 Å². The fourth-order valence-corrected chi connectivity index (χ4v) is 12.2. The highest BCUT2D eigenvalue weighted by Gasteiger charge is 2.45. The van der Waals surface area contributed by atoms with E-state index in [1.54, 1.807) is 0 Å². The van der Waals surface area contributed by atoms with Gasteiger partial charge >= 0.3 is 0 Å². The van der Waals surface area contributed by atoms with Crippen molar-refractivity contribution in [2.75, 3.05) is 14.7 Å². The first-order valence-electron chi connectivity index (χ1n) is 28.5. The molecule has 0 N–H and O–H groups in total. The van der Waals surface area contributed by atoms with Crippen molar-refractivity contribution in [3.8, 4) is 11.1 Å². The molecule has 0 bridgehead atoms. The van der Waals surface area contributed by atoms with Crippen LogP contribution in [0.2, 0.25) is 0 Å². The van der Waals surface area contributed by atoms with Crippen LogP contribution in [0.15, 0.2) is 192 Å². The van der Waals surface area contributed by atoms with Crippen molar-refractivity contribution in [2.24, 2.45) is 0 Å². The van der Waals surface area contributed by atoms with E-state index in [0.717, 1.165) is 61.8 Å². The molecule has 0 aliphatic carbocycles. The number of hydrogen-bond acceptors (Lipinski definition) is 4. The van der Waals surface area contributed by atoms with Gasteiger partial charge < -0.3 is 19.1 Å². The quantitative estimate of drug-likeness (QED) is 0.155. The average Bonchev–Trinajstić information content (AvgIpc) is 3.93. The van der Waals surface area contributed by atoms with Crippen LogP contribution in [0.3, 0.4) is 0 Å². The van der Waals surface area contributed by atoms with Crippen LogP contribution in [-0.4, -0.2) is 6.71 Å². The van der Waals surface area contributed by atoms with Gasteiger partial charge in [0.05, 0.1) is 17.1 Å². The Morgan fingerprint density at radius 2 is 0.835 bits per heavy atom. The third-order valence-electron chi connectivity index (χ3n) is 16.8. The van der Waals surface area contributed by atoms with Crippen molar-refractivity contribution in [2.45, 2.75) is 131 Å². The van der Waals surface area contributed by atoms with Gasteiger partial charge in [-0.3, -0.25) is 0 Å². The molecular formula is C74H76BN3O. The van der Waals surface area contributed by atoms with E-state index < -0.39 is 0 Å². The molecule has 0 amide bonds. The Morgan fingerprint density at radius 3 is 1.41 bits per heavy atom. The van der Waals surface area contributed by atoms with Gasteiger partial charge in [0.25, 0.3) is 6.71 Å². The van der Waals surface area contributed by atoms with Crippen molar-refractivity contribution in [1.29, 1.82) is 0 Å². The molecular weight excluding hydrogens is 958 g/mol. The molecule has 396 valence electrons. The summed E-state index contributed by atoms with van der Waals surface area (Å²) in [6.07, 6.45) is 0. The van der Waals surface area contributed by atoms with Gasteiger partial charge in [-0.15, -0.1) is 0 Å². The zero-order chi connectivity index (χ0) is 55.7. The maximum absolute atomic E-state index is 6.96. The van der Waals surface area contributed by atoms with Crippen LogP contribution in [0.4, 0.5) is 51.2 Å². The maximum atomic E-state index is 6.96. The lowest BCUT2D eigenvalue weighted by atomic mass is 9.33. The van der Waals surface area contributed by atoms with E-state index in [4.69, 9.17) is 4.42 Å². The molecule has 2 aliphatic heterocycles. The van der Waals surface area contributed by atoms with Gasteiger partial charge in [0.2, 0.25) is 0 Å². The first-order chi connectivity index (χ1) is 37.3. The minimum atomic E-state index is -0.0966. The summed E-state index contributed by atoms with van der Waals surface area (Å²) in [5, 5.41) is 2.19.